The summed E-state index contributed by atoms with van der Waals surface area (Å²) in [5, 5.41) is 2.24. The van der Waals surface area contributed by atoms with Crippen molar-refractivity contribution in [2.24, 2.45) is 0 Å². The molecule has 0 radical (unpaired) electrons. The van der Waals surface area contributed by atoms with Crippen LogP contribution in [0.5, 0.6) is 17.2 Å². The van der Waals surface area contributed by atoms with E-state index in [4.69, 9.17) is 14.2 Å². The monoisotopic (exact) mass is 436 g/mol. The third kappa shape index (κ3) is 4.03. The van der Waals surface area contributed by atoms with Crippen LogP contribution in [0.4, 0.5) is 10.5 Å². The van der Waals surface area contributed by atoms with E-state index in [1.54, 1.807) is 18.2 Å². The number of carbonyl (C=O) groups excluding carboxylic acids is 3. The van der Waals surface area contributed by atoms with Gasteiger partial charge in [-0.1, -0.05) is 13.0 Å². The van der Waals surface area contributed by atoms with Gasteiger partial charge in [-0.2, -0.15) is 0 Å². The Morgan fingerprint density at radius 1 is 1.16 bits per heavy atom. The number of benzene rings is 2. The summed E-state index contributed by atoms with van der Waals surface area (Å²) in [6, 6.07) is 9.39. The predicted octanol–water partition coefficient (Wildman–Crippen LogP) is 3.47. The Balaban J connectivity index is 1.66. The Labute approximate surface area is 185 Å². The lowest BCUT2D eigenvalue weighted by molar-refractivity contribution is -0.122. The first-order valence-corrected chi connectivity index (χ1v) is 10.4. The minimum Gasteiger partial charge on any atom is -0.493 e. The van der Waals surface area contributed by atoms with Crippen molar-refractivity contribution in [3.8, 4) is 17.2 Å². The van der Waals surface area contributed by atoms with Gasteiger partial charge in [0.1, 0.15) is 17.4 Å². The number of rotatable bonds is 6. The molecule has 0 unspecified atom stereocenters. The minimum absolute atomic E-state index is 0.0832. The number of amides is 4. The number of nitrogens with zero attached hydrogens (tertiary/aromatic N) is 1. The Kier molecular flexibility index (Phi) is 5.85. The van der Waals surface area contributed by atoms with Gasteiger partial charge in [0.2, 0.25) is 0 Å². The molecule has 1 fully saturated rings. The molecule has 8 heteroatoms. The molecule has 2 aliphatic heterocycles. The maximum absolute atomic E-state index is 13.2. The van der Waals surface area contributed by atoms with Crippen LogP contribution in [0.2, 0.25) is 0 Å². The number of carbonyl (C=O) groups is 3. The van der Waals surface area contributed by atoms with Crippen molar-refractivity contribution in [1.82, 2.24) is 5.32 Å². The lowest BCUT2D eigenvalue weighted by Gasteiger charge is -2.27. The van der Waals surface area contributed by atoms with Gasteiger partial charge in [-0.15, -0.1) is 0 Å². The summed E-state index contributed by atoms with van der Waals surface area (Å²) in [5.41, 5.74) is 1.82. The van der Waals surface area contributed by atoms with Gasteiger partial charge in [0.05, 0.1) is 19.4 Å². The molecular formula is C24H24N2O6. The van der Waals surface area contributed by atoms with Crippen molar-refractivity contribution in [2.45, 2.75) is 32.8 Å². The molecule has 2 aromatic rings. The summed E-state index contributed by atoms with van der Waals surface area (Å²) in [4.78, 5) is 39.1. The van der Waals surface area contributed by atoms with Crippen LogP contribution in [0.3, 0.4) is 0 Å². The maximum atomic E-state index is 13.2. The fourth-order valence-corrected chi connectivity index (χ4v) is 3.72. The largest absolute Gasteiger partial charge is 0.493 e. The first-order chi connectivity index (χ1) is 15.4. The third-order valence-electron chi connectivity index (χ3n) is 5.20. The minimum atomic E-state index is -0.822. The van der Waals surface area contributed by atoms with Crippen molar-refractivity contribution in [2.75, 3.05) is 18.6 Å². The van der Waals surface area contributed by atoms with Crippen LogP contribution >= 0.6 is 0 Å². The van der Waals surface area contributed by atoms with Gasteiger partial charge >= 0.3 is 6.03 Å². The first kappa shape index (κ1) is 21.4. The molecule has 0 bridgehead atoms. The van der Waals surface area contributed by atoms with Gasteiger partial charge in [0, 0.05) is 12.5 Å². The topological polar surface area (TPSA) is 94.2 Å². The maximum Gasteiger partial charge on any atom is 0.335 e. The molecule has 4 rings (SSSR count). The highest BCUT2D eigenvalue weighted by atomic mass is 16.5. The van der Waals surface area contributed by atoms with E-state index < -0.39 is 17.8 Å². The second kappa shape index (κ2) is 8.74. The number of urea groups is 1. The third-order valence-corrected chi connectivity index (χ3v) is 5.20. The molecule has 1 atom stereocenters. The van der Waals surface area contributed by atoms with Crippen molar-refractivity contribution in [1.29, 1.82) is 0 Å². The normalized spacial score (nSPS) is 19.0. The Morgan fingerprint density at radius 2 is 1.97 bits per heavy atom. The number of methoxy groups -OCH3 is 1. The fraction of sp³-hybridized carbons (Fsp3) is 0.292. The lowest BCUT2D eigenvalue weighted by Crippen LogP contribution is -2.54. The van der Waals surface area contributed by atoms with Crippen LogP contribution < -0.4 is 24.4 Å². The van der Waals surface area contributed by atoms with E-state index in [9.17, 15) is 14.4 Å². The smallest absolute Gasteiger partial charge is 0.335 e. The van der Waals surface area contributed by atoms with Gasteiger partial charge in [-0.3, -0.25) is 14.9 Å². The average molecular weight is 436 g/mol. The molecule has 2 aliphatic rings. The van der Waals surface area contributed by atoms with Crippen LogP contribution in [0, 0.1) is 0 Å². The number of anilines is 1. The van der Waals surface area contributed by atoms with E-state index in [0.29, 0.717) is 23.7 Å². The van der Waals surface area contributed by atoms with E-state index in [2.05, 4.69) is 5.32 Å². The average Bonchev–Trinajstić information content (AvgIpc) is 3.14. The number of hydrogen-bond acceptors (Lipinski definition) is 6. The second-order valence-corrected chi connectivity index (χ2v) is 7.64. The molecule has 2 heterocycles. The molecule has 1 N–H and O–H groups in total. The number of imide groups is 2. The molecule has 166 valence electrons. The van der Waals surface area contributed by atoms with E-state index in [-0.39, 0.29) is 17.4 Å². The molecule has 0 spiro atoms. The van der Waals surface area contributed by atoms with Gasteiger partial charge < -0.3 is 14.2 Å². The molecular weight excluding hydrogens is 412 g/mol. The number of barbiturate groups is 1. The van der Waals surface area contributed by atoms with Crippen molar-refractivity contribution in [3.63, 3.8) is 0 Å². The number of fused-ring (bicyclic) bond motifs is 1. The molecule has 0 aliphatic carbocycles. The summed E-state index contributed by atoms with van der Waals surface area (Å²) in [6.07, 6.45) is 3.14. The summed E-state index contributed by atoms with van der Waals surface area (Å²) in [7, 11) is 1.48. The van der Waals surface area contributed by atoms with E-state index in [1.807, 2.05) is 26.0 Å². The summed E-state index contributed by atoms with van der Waals surface area (Å²) in [6.45, 7) is 4.47. The van der Waals surface area contributed by atoms with Gasteiger partial charge in [0.25, 0.3) is 11.8 Å². The predicted molar refractivity (Wildman–Crippen MR) is 118 cm³/mol. The molecule has 32 heavy (non-hydrogen) atoms. The van der Waals surface area contributed by atoms with Crippen LogP contribution in [0.15, 0.2) is 42.0 Å². The standard InChI is InChI=1S/C24H24N2O6/c1-4-9-31-20-8-6-17(13-21(20)30-3)26-23(28)18(22(27)25-24(26)29)12-15-5-7-19-16(11-15)10-14(2)32-19/h5-8,11-14H,4,9-10H2,1-3H3,(H,25,27,29)/b18-12-/t14-/m1/s1. The van der Waals surface area contributed by atoms with Crippen LogP contribution in [-0.4, -0.2) is 37.7 Å². The number of ether oxygens (including phenoxy) is 3. The zero-order chi connectivity index (χ0) is 22.8. The molecule has 1 saturated heterocycles. The summed E-state index contributed by atoms with van der Waals surface area (Å²) in [5.74, 6) is 0.230. The Morgan fingerprint density at radius 3 is 2.72 bits per heavy atom. The summed E-state index contributed by atoms with van der Waals surface area (Å²) < 4.78 is 16.7. The SMILES string of the molecule is CCCOc1ccc(N2C(=O)NC(=O)/C(=C/c3ccc4c(c3)C[C@@H](C)O4)C2=O)cc1OC. The molecule has 4 amide bonds. The van der Waals surface area contributed by atoms with Crippen LogP contribution in [0.25, 0.3) is 6.08 Å². The highest BCUT2D eigenvalue weighted by Crippen LogP contribution is 2.34. The second-order valence-electron chi connectivity index (χ2n) is 7.64. The van der Waals surface area contributed by atoms with Crippen molar-refractivity contribution < 1.29 is 28.6 Å². The van der Waals surface area contributed by atoms with Crippen LogP contribution in [-0.2, 0) is 16.0 Å². The van der Waals surface area contributed by atoms with Gasteiger partial charge in [0.15, 0.2) is 11.5 Å². The van der Waals surface area contributed by atoms with Crippen molar-refractivity contribution in [3.05, 3.63) is 53.1 Å². The molecule has 0 aromatic heterocycles. The van der Waals surface area contributed by atoms with Crippen LogP contribution in [0.1, 0.15) is 31.4 Å². The zero-order valence-corrected chi connectivity index (χ0v) is 18.1. The van der Waals surface area contributed by atoms with E-state index in [0.717, 1.165) is 29.1 Å². The number of nitrogens with one attached hydrogen (secondary N) is 1. The number of hydrogen-bond donors (Lipinski definition) is 1. The fourth-order valence-electron chi connectivity index (χ4n) is 3.72. The van der Waals surface area contributed by atoms with E-state index >= 15 is 0 Å². The highest BCUT2D eigenvalue weighted by molar-refractivity contribution is 6.39. The molecule has 2 aromatic carbocycles. The molecule has 0 saturated carbocycles. The zero-order valence-electron chi connectivity index (χ0n) is 18.1. The highest BCUT2D eigenvalue weighted by Gasteiger charge is 2.37. The van der Waals surface area contributed by atoms with Crippen molar-refractivity contribution >= 4 is 29.6 Å². The molecule has 8 nitrogen and oxygen atoms in total. The lowest BCUT2D eigenvalue weighted by atomic mass is 10.0. The van der Waals surface area contributed by atoms with E-state index in [1.165, 1.54) is 19.3 Å². The summed E-state index contributed by atoms with van der Waals surface area (Å²) >= 11 is 0. The van der Waals surface area contributed by atoms with Gasteiger partial charge in [-0.05, 0) is 54.8 Å². The van der Waals surface area contributed by atoms with Gasteiger partial charge in [-0.25, -0.2) is 9.69 Å². The quantitative estimate of drug-likeness (QED) is 0.551. The Bertz CT molecular complexity index is 1120. The first-order valence-electron chi connectivity index (χ1n) is 10.4. The Hall–Kier alpha value is -3.81.